The Labute approximate surface area is 104 Å². The Hall–Kier alpha value is -2.36. The highest BCUT2D eigenvalue weighted by Crippen LogP contribution is 2.53. The van der Waals surface area contributed by atoms with Crippen LogP contribution in [-0.2, 0) is 0 Å². The van der Waals surface area contributed by atoms with E-state index in [1.165, 1.54) is 0 Å². The molecule has 0 atom stereocenters. The van der Waals surface area contributed by atoms with Crippen LogP contribution in [0.5, 0.6) is 34.5 Å². The van der Waals surface area contributed by atoms with Crippen LogP contribution in [0.3, 0.4) is 0 Å². The van der Waals surface area contributed by atoms with Gasteiger partial charge in [-0.15, -0.1) is 0 Å². The third-order valence-corrected chi connectivity index (χ3v) is 3.10. The number of para-hydroxylation sites is 2. The molecule has 18 heavy (non-hydrogen) atoms. The van der Waals surface area contributed by atoms with Crippen LogP contribution in [0.1, 0.15) is 11.1 Å². The first-order valence-electron chi connectivity index (χ1n) is 5.59. The summed E-state index contributed by atoms with van der Waals surface area (Å²) in [4.78, 5) is 0. The fourth-order valence-electron chi connectivity index (χ4n) is 2.00. The Bertz CT molecular complexity index is 591. The maximum Gasteiger partial charge on any atom is 0.177 e. The first-order chi connectivity index (χ1) is 8.59. The minimum atomic E-state index is -0.172. The standard InChI is InChI=1S/C14H12O4/c1-7-11(15)12(16)8(2)14-13(7)17-9-5-3-4-6-10(9)18-14/h3-6,15-16H,1-2H3. The van der Waals surface area contributed by atoms with Gasteiger partial charge in [0.25, 0.3) is 0 Å². The number of phenols is 2. The molecule has 0 fully saturated rings. The Kier molecular flexibility index (Phi) is 2.13. The van der Waals surface area contributed by atoms with E-state index >= 15 is 0 Å². The van der Waals surface area contributed by atoms with Crippen LogP contribution in [0.25, 0.3) is 0 Å². The van der Waals surface area contributed by atoms with E-state index in [-0.39, 0.29) is 11.5 Å². The molecule has 1 aliphatic heterocycles. The summed E-state index contributed by atoms with van der Waals surface area (Å²) in [5, 5.41) is 19.6. The predicted molar refractivity (Wildman–Crippen MR) is 65.8 cm³/mol. The predicted octanol–water partition coefficient (Wildman–Crippen LogP) is 3.61. The second kappa shape index (κ2) is 3.57. The van der Waals surface area contributed by atoms with Crippen LogP contribution in [0.2, 0.25) is 0 Å². The molecule has 2 aromatic rings. The lowest BCUT2D eigenvalue weighted by molar-refractivity contribution is 0.339. The summed E-state index contributed by atoms with van der Waals surface area (Å²) in [7, 11) is 0. The molecule has 1 heterocycles. The molecule has 3 rings (SSSR count). The van der Waals surface area contributed by atoms with Crippen LogP contribution >= 0.6 is 0 Å². The average Bonchev–Trinajstić information content (AvgIpc) is 2.41. The summed E-state index contributed by atoms with van der Waals surface area (Å²) in [6.45, 7) is 3.34. The highest BCUT2D eigenvalue weighted by molar-refractivity contribution is 5.68. The van der Waals surface area contributed by atoms with E-state index < -0.39 is 0 Å². The van der Waals surface area contributed by atoms with E-state index in [2.05, 4.69) is 0 Å². The van der Waals surface area contributed by atoms with Gasteiger partial charge in [-0.05, 0) is 26.0 Å². The number of ether oxygens (including phenoxy) is 2. The molecule has 0 radical (unpaired) electrons. The summed E-state index contributed by atoms with van der Waals surface area (Å²) in [6, 6.07) is 7.26. The second-order valence-electron chi connectivity index (χ2n) is 4.26. The van der Waals surface area contributed by atoms with Gasteiger partial charge in [-0.3, -0.25) is 0 Å². The molecule has 0 aromatic heterocycles. The normalized spacial score (nSPS) is 12.1. The Morgan fingerprint density at radius 3 is 1.56 bits per heavy atom. The topological polar surface area (TPSA) is 58.9 Å². The van der Waals surface area contributed by atoms with Crippen molar-refractivity contribution < 1.29 is 19.7 Å². The number of hydrogen-bond acceptors (Lipinski definition) is 4. The van der Waals surface area contributed by atoms with Gasteiger partial charge >= 0.3 is 0 Å². The lowest BCUT2D eigenvalue weighted by Gasteiger charge is -2.24. The molecule has 0 spiro atoms. The van der Waals surface area contributed by atoms with Gasteiger partial charge in [0, 0.05) is 11.1 Å². The summed E-state index contributed by atoms with van der Waals surface area (Å²) in [5.41, 5.74) is 0.921. The molecule has 0 unspecified atom stereocenters. The lowest BCUT2D eigenvalue weighted by Crippen LogP contribution is -2.02. The van der Waals surface area contributed by atoms with Gasteiger partial charge in [-0.2, -0.15) is 0 Å². The van der Waals surface area contributed by atoms with Crippen molar-refractivity contribution in [3.8, 4) is 34.5 Å². The molecule has 4 heteroatoms. The van der Waals surface area contributed by atoms with Gasteiger partial charge < -0.3 is 19.7 Å². The number of phenolic OH excluding ortho intramolecular Hbond substituents is 2. The van der Waals surface area contributed by atoms with Crippen molar-refractivity contribution in [2.75, 3.05) is 0 Å². The highest BCUT2D eigenvalue weighted by atomic mass is 16.6. The molecule has 1 aliphatic rings. The van der Waals surface area contributed by atoms with Gasteiger partial charge in [0.15, 0.2) is 34.5 Å². The van der Waals surface area contributed by atoms with Crippen molar-refractivity contribution in [2.45, 2.75) is 13.8 Å². The maximum absolute atomic E-state index is 9.81. The number of hydrogen-bond donors (Lipinski definition) is 2. The van der Waals surface area contributed by atoms with Crippen molar-refractivity contribution >= 4 is 0 Å². The van der Waals surface area contributed by atoms with E-state index in [0.29, 0.717) is 34.1 Å². The fourth-order valence-corrected chi connectivity index (χ4v) is 2.00. The van der Waals surface area contributed by atoms with E-state index in [1.807, 2.05) is 12.1 Å². The van der Waals surface area contributed by atoms with Crippen LogP contribution in [0, 0.1) is 13.8 Å². The third-order valence-electron chi connectivity index (χ3n) is 3.10. The number of aromatic hydroxyl groups is 2. The van der Waals surface area contributed by atoms with E-state index in [0.717, 1.165) is 0 Å². The Balaban J connectivity index is 2.25. The number of benzene rings is 2. The summed E-state index contributed by atoms with van der Waals surface area (Å²) in [6.07, 6.45) is 0. The SMILES string of the molecule is Cc1c(O)c(O)c(C)c2c1Oc1ccccc1O2. The second-order valence-corrected chi connectivity index (χ2v) is 4.26. The van der Waals surface area contributed by atoms with E-state index in [4.69, 9.17) is 9.47 Å². The molecule has 0 aliphatic carbocycles. The molecule has 0 amide bonds. The number of rotatable bonds is 0. The minimum absolute atomic E-state index is 0.172. The largest absolute Gasteiger partial charge is 0.504 e. The van der Waals surface area contributed by atoms with Crippen molar-refractivity contribution in [3.63, 3.8) is 0 Å². The zero-order valence-corrected chi connectivity index (χ0v) is 10.0. The zero-order valence-electron chi connectivity index (χ0n) is 10.0. The third kappa shape index (κ3) is 1.32. The first-order valence-corrected chi connectivity index (χ1v) is 5.59. The smallest absolute Gasteiger partial charge is 0.177 e. The van der Waals surface area contributed by atoms with Gasteiger partial charge in [0.05, 0.1) is 0 Å². The molecular weight excluding hydrogens is 232 g/mol. The fraction of sp³-hybridized carbons (Fsp3) is 0.143. The molecule has 0 saturated heterocycles. The molecule has 0 saturated carbocycles. The van der Waals surface area contributed by atoms with Crippen LogP contribution in [0.4, 0.5) is 0 Å². The quantitative estimate of drug-likeness (QED) is 0.593. The molecule has 92 valence electrons. The zero-order chi connectivity index (χ0) is 12.9. The first kappa shape index (κ1) is 10.8. The van der Waals surface area contributed by atoms with Crippen LogP contribution in [-0.4, -0.2) is 10.2 Å². The Morgan fingerprint density at radius 1 is 0.778 bits per heavy atom. The molecule has 2 N–H and O–H groups in total. The molecular formula is C14H12O4. The van der Waals surface area contributed by atoms with Crippen LogP contribution in [0.15, 0.2) is 24.3 Å². The summed E-state index contributed by atoms with van der Waals surface area (Å²) < 4.78 is 11.5. The van der Waals surface area contributed by atoms with Gasteiger partial charge in [0.2, 0.25) is 0 Å². The van der Waals surface area contributed by atoms with Gasteiger partial charge in [-0.25, -0.2) is 0 Å². The molecule has 2 aromatic carbocycles. The van der Waals surface area contributed by atoms with Crippen molar-refractivity contribution in [1.29, 1.82) is 0 Å². The Morgan fingerprint density at radius 2 is 1.17 bits per heavy atom. The summed E-state index contributed by atoms with van der Waals surface area (Å²) >= 11 is 0. The molecule has 0 bridgehead atoms. The highest BCUT2D eigenvalue weighted by Gasteiger charge is 2.27. The average molecular weight is 244 g/mol. The lowest BCUT2D eigenvalue weighted by atomic mass is 10.1. The summed E-state index contributed by atoms with van der Waals surface area (Å²) in [5.74, 6) is 1.74. The van der Waals surface area contributed by atoms with Crippen molar-refractivity contribution in [2.24, 2.45) is 0 Å². The van der Waals surface area contributed by atoms with E-state index in [9.17, 15) is 10.2 Å². The monoisotopic (exact) mass is 244 g/mol. The minimum Gasteiger partial charge on any atom is -0.504 e. The number of fused-ring (bicyclic) bond motifs is 2. The van der Waals surface area contributed by atoms with Crippen molar-refractivity contribution in [1.82, 2.24) is 0 Å². The van der Waals surface area contributed by atoms with Crippen LogP contribution < -0.4 is 9.47 Å². The van der Waals surface area contributed by atoms with Crippen molar-refractivity contribution in [3.05, 3.63) is 35.4 Å². The van der Waals surface area contributed by atoms with E-state index in [1.54, 1.807) is 26.0 Å². The molecule has 4 nitrogen and oxygen atoms in total. The van der Waals surface area contributed by atoms with Gasteiger partial charge in [0.1, 0.15) is 0 Å². The van der Waals surface area contributed by atoms with Gasteiger partial charge in [-0.1, -0.05) is 12.1 Å². The maximum atomic E-state index is 9.81.